The zero-order chi connectivity index (χ0) is 18.4. The average Bonchev–Trinajstić information content (AvgIpc) is 3.31. The normalized spacial score (nSPS) is 20.1. The molecule has 7 heteroatoms. The van der Waals surface area contributed by atoms with Gasteiger partial charge in [-0.25, -0.2) is 4.68 Å². The summed E-state index contributed by atoms with van der Waals surface area (Å²) in [7, 11) is 1.85. The van der Waals surface area contributed by atoms with Crippen LogP contribution in [0.2, 0.25) is 0 Å². The number of nitrogens with zero attached hydrogens (tertiary/aromatic N) is 3. The van der Waals surface area contributed by atoms with Crippen LogP contribution < -0.4 is 10.5 Å². The van der Waals surface area contributed by atoms with Crippen LogP contribution in [0.25, 0.3) is 5.69 Å². The maximum absolute atomic E-state index is 13.3. The molecule has 2 aromatic heterocycles. The van der Waals surface area contributed by atoms with E-state index in [1.807, 2.05) is 73.4 Å². The van der Waals surface area contributed by atoms with Crippen molar-refractivity contribution in [1.82, 2.24) is 9.36 Å². The Morgan fingerprint density at radius 1 is 1.04 bits per heavy atom. The van der Waals surface area contributed by atoms with Gasteiger partial charge in [0.1, 0.15) is 11.1 Å². The molecule has 1 fully saturated rings. The molecule has 134 valence electrons. The first-order valence-electron chi connectivity index (χ1n) is 8.36. The predicted octanol–water partition coefficient (Wildman–Crippen LogP) is 3.71. The number of aromatic nitrogens is 2. The minimum atomic E-state index is -0.175. The number of thiophene rings is 1. The monoisotopic (exact) mass is 385 g/mol. The Hall–Kier alpha value is -2.25. The zero-order valence-electron chi connectivity index (χ0n) is 14.7. The predicted molar refractivity (Wildman–Crippen MR) is 107 cm³/mol. The molecule has 3 heterocycles. The van der Waals surface area contributed by atoms with Crippen molar-refractivity contribution in [2.75, 3.05) is 4.90 Å². The number of carbonyl (C=O) groups excluding carboxylic acids is 1. The molecule has 1 aromatic carbocycles. The lowest BCUT2D eigenvalue weighted by atomic mass is 10.2. The number of rotatable bonds is 3. The van der Waals surface area contributed by atoms with Gasteiger partial charge in [0.2, 0.25) is 5.91 Å². The lowest BCUT2D eigenvalue weighted by Gasteiger charge is -2.21. The molecule has 0 N–H and O–H groups in total. The third-order valence-corrected chi connectivity index (χ3v) is 7.11. The van der Waals surface area contributed by atoms with Crippen LogP contribution in [-0.2, 0) is 11.8 Å². The van der Waals surface area contributed by atoms with Crippen molar-refractivity contribution in [3.8, 4) is 5.69 Å². The molecule has 3 aromatic rings. The molecule has 0 radical (unpaired) electrons. The van der Waals surface area contributed by atoms with Crippen LogP contribution >= 0.6 is 23.1 Å². The summed E-state index contributed by atoms with van der Waals surface area (Å²) in [6, 6.07) is 13.5. The topological polar surface area (TPSA) is 47.2 Å². The summed E-state index contributed by atoms with van der Waals surface area (Å²) in [4.78, 5) is 29.0. The Labute approximate surface area is 159 Å². The number of amides is 1. The highest BCUT2D eigenvalue weighted by atomic mass is 32.2. The molecule has 1 aliphatic rings. The maximum Gasteiger partial charge on any atom is 0.295 e. The third-order valence-electron chi connectivity index (χ3n) is 4.70. The summed E-state index contributed by atoms with van der Waals surface area (Å²) in [6.07, 6.45) is 0. The molecule has 0 bridgehead atoms. The van der Waals surface area contributed by atoms with Crippen molar-refractivity contribution in [1.29, 1.82) is 0 Å². The van der Waals surface area contributed by atoms with Gasteiger partial charge in [-0.1, -0.05) is 24.3 Å². The summed E-state index contributed by atoms with van der Waals surface area (Å²) in [5.41, 5.74) is 1.87. The van der Waals surface area contributed by atoms with Gasteiger partial charge in [0.25, 0.3) is 5.56 Å². The highest BCUT2D eigenvalue weighted by Crippen LogP contribution is 2.46. The van der Waals surface area contributed by atoms with E-state index in [4.69, 9.17) is 0 Å². The molecule has 1 amide bonds. The van der Waals surface area contributed by atoms with Gasteiger partial charge >= 0.3 is 0 Å². The van der Waals surface area contributed by atoms with Crippen LogP contribution in [0.4, 0.5) is 5.69 Å². The molecule has 2 atom stereocenters. The molecular formula is C19H19N3O2S2. The van der Waals surface area contributed by atoms with E-state index in [1.165, 1.54) is 0 Å². The van der Waals surface area contributed by atoms with Gasteiger partial charge in [-0.3, -0.25) is 19.2 Å². The van der Waals surface area contributed by atoms with Crippen molar-refractivity contribution >= 4 is 34.7 Å². The molecule has 0 aliphatic carbocycles. The summed E-state index contributed by atoms with van der Waals surface area (Å²) < 4.78 is 3.44. The Morgan fingerprint density at radius 2 is 1.77 bits per heavy atom. The fourth-order valence-corrected chi connectivity index (χ4v) is 5.50. The van der Waals surface area contributed by atoms with Crippen molar-refractivity contribution in [3.05, 3.63) is 68.8 Å². The number of para-hydroxylation sites is 1. The van der Waals surface area contributed by atoms with E-state index in [0.717, 1.165) is 16.3 Å². The largest absolute Gasteiger partial charge is 0.295 e. The summed E-state index contributed by atoms with van der Waals surface area (Å²) in [5.74, 6) is -0.0144. The fourth-order valence-electron chi connectivity index (χ4n) is 3.31. The maximum atomic E-state index is 13.3. The van der Waals surface area contributed by atoms with Gasteiger partial charge in [0, 0.05) is 11.9 Å². The lowest BCUT2D eigenvalue weighted by molar-refractivity contribution is -0.117. The Balaban J connectivity index is 1.90. The highest BCUT2D eigenvalue weighted by Gasteiger charge is 2.43. The van der Waals surface area contributed by atoms with Gasteiger partial charge < -0.3 is 0 Å². The summed E-state index contributed by atoms with van der Waals surface area (Å²) >= 11 is 3.20. The zero-order valence-corrected chi connectivity index (χ0v) is 16.4. The van der Waals surface area contributed by atoms with Crippen LogP contribution in [-0.4, -0.2) is 20.5 Å². The SMILES string of the molecule is Cc1c(N2C(=O)[C@@H](C)S[C@@H]2c2cccs2)c(=O)n(-c2ccccc2)n1C. The molecular weight excluding hydrogens is 366 g/mol. The minimum absolute atomic E-state index is 0.0144. The standard InChI is InChI=1S/C19H19N3O2S2/c1-12-16(18(24)22(20(12)3)14-8-5-4-6-9-14)21-17(23)13(2)26-19(21)15-10-7-11-25-15/h4-11,13,19H,1-3H3/t13-,19-/m1/s1. The van der Waals surface area contributed by atoms with E-state index in [0.29, 0.717) is 5.69 Å². The molecule has 26 heavy (non-hydrogen) atoms. The summed E-state index contributed by atoms with van der Waals surface area (Å²) in [6.45, 7) is 3.80. The number of carbonyl (C=O) groups is 1. The summed E-state index contributed by atoms with van der Waals surface area (Å²) in [5, 5.41) is 1.67. The highest BCUT2D eigenvalue weighted by molar-refractivity contribution is 8.01. The van der Waals surface area contributed by atoms with Crippen molar-refractivity contribution in [3.63, 3.8) is 0 Å². The van der Waals surface area contributed by atoms with Gasteiger partial charge in [-0.05, 0) is 37.4 Å². The van der Waals surface area contributed by atoms with Crippen molar-refractivity contribution in [2.45, 2.75) is 24.5 Å². The Bertz CT molecular complexity index is 1010. The number of anilines is 1. The van der Waals surface area contributed by atoms with Crippen LogP contribution in [0.3, 0.4) is 0 Å². The first-order valence-corrected chi connectivity index (χ1v) is 10.2. The van der Waals surface area contributed by atoms with E-state index >= 15 is 0 Å². The van der Waals surface area contributed by atoms with Crippen molar-refractivity contribution < 1.29 is 4.79 Å². The quantitative estimate of drug-likeness (QED) is 0.690. The number of hydrogen-bond acceptors (Lipinski definition) is 4. The number of hydrogen-bond donors (Lipinski definition) is 0. The van der Waals surface area contributed by atoms with Crippen molar-refractivity contribution in [2.24, 2.45) is 7.05 Å². The second kappa shape index (κ2) is 6.48. The average molecular weight is 386 g/mol. The van der Waals surface area contributed by atoms with Crippen LogP contribution in [0.1, 0.15) is 22.9 Å². The Morgan fingerprint density at radius 3 is 2.42 bits per heavy atom. The molecule has 1 saturated heterocycles. The van der Waals surface area contributed by atoms with Gasteiger partial charge in [-0.15, -0.1) is 23.1 Å². The smallest absolute Gasteiger partial charge is 0.287 e. The molecule has 5 nitrogen and oxygen atoms in total. The lowest BCUT2D eigenvalue weighted by Crippen LogP contribution is -2.34. The van der Waals surface area contributed by atoms with Gasteiger partial charge in [0.05, 0.1) is 16.6 Å². The van der Waals surface area contributed by atoms with E-state index in [2.05, 4.69) is 0 Å². The molecule has 0 spiro atoms. The van der Waals surface area contributed by atoms with Crippen LogP contribution in [0, 0.1) is 6.92 Å². The second-order valence-electron chi connectivity index (χ2n) is 6.26. The fraction of sp³-hybridized carbons (Fsp3) is 0.263. The minimum Gasteiger partial charge on any atom is -0.287 e. The van der Waals surface area contributed by atoms with Crippen LogP contribution in [0.15, 0.2) is 52.6 Å². The van der Waals surface area contributed by atoms with E-state index in [-0.39, 0.29) is 22.1 Å². The number of benzene rings is 1. The number of thioether (sulfide) groups is 1. The van der Waals surface area contributed by atoms with E-state index in [9.17, 15) is 9.59 Å². The van der Waals surface area contributed by atoms with Crippen LogP contribution in [0.5, 0.6) is 0 Å². The Kier molecular flexibility index (Phi) is 4.28. The molecule has 0 unspecified atom stereocenters. The third kappa shape index (κ3) is 2.54. The first-order chi connectivity index (χ1) is 12.5. The second-order valence-corrected chi connectivity index (χ2v) is 8.67. The molecule has 1 aliphatic heterocycles. The van der Waals surface area contributed by atoms with E-state index in [1.54, 1.807) is 32.7 Å². The molecule has 0 saturated carbocycles. The van der Waals surface area contributed by atoms with E-state index < -0.39 is 0 Å². The van der Waals surface area contributed by atoms with Gasteiger partial charge in [0.15, 0.2) is 0 Å². The van der Waals surface area contributed by atoms with Gasteiger partial charge in [-0.2, -0.15) is 0 Å². The molecule has 4 rings (SSSR count). The first kappa shape index (κ1) is 17.2.